The van der Waals surface area contributed by atoms with Gasteiger partial charge >= 0.3 is 0 Å². The maximum absolute atomic E-state index is 2.22. The molecule has 0 radical (unpaired) electrons. The number of hydrogen-bond donors (Lipinski definition) is 0. The SMILES string of the molecule is CC(C)(C)c1ccccc1.CCc1ccccc1.Cc1cccc(C)c1.Cc1cccc(C)c1C. The normalized spacial score (nSPS) is 9.97. The topological polar surface area (TPSA) is 0 Å². The molecule has 0 saturated heterocycles. The Bertz CT molecular complexity index is 1050. The molecular weight excluding hydrogens is 420 g/mol. The number of rotatable bonds is 1. The molecule has 186 valence electrons. The Hall–Kier alpha value is -3.12. The van der Waals surface area contributed by atoms with Crippen LogP contribution in [0.2, 0.25) is 0 Å². The van der Waals surface area contributed by atoms with Gasteiger partial charge in [0.25, 0.3) is 0 Å². The molecule has 0 aliphatic carbocycles. The van der Waals surface area contributed by atoms with Crippen LogP contribution >= 0.6 is 0 Å². The summed E-state index contributed by atoms with van der Waals surface area (Å²) in [5, 5.41) is 0. The van der Waals surface area contributed by atoms with Crippen LogP contribution in [0.25, 0.3) is 0 Å². The molecule has 0 fully saturated rings. The molecule has 0 aromatic heterocycles. The van der Waals surface area contributed by atoms with Gasteiger partial charge in [-0.05, 0) is 74.3 Å². The molecule has 0 bridgehead atoms. The first-order valence-corrected chi connectivity index (χ1v) is 12.7. The molecular formula is C35H46. The van der Waals surface area contributed by atoms with E-state index in [9.17, 15) is 0 Å². The van der Waals surface area contributed by atoms with Crippen LogP contribution in [0.15, 0.2) is 103 Å². The highest BCUT2D eigenvalue weighted by atomic mass is 14.2. The van der Waals surface area contributed by atoms with Crippen LogP contribution in [0.5, 0.6) is 0 Å². The monoisotopic (exact) mass is 466 g/mol. The lowest BCUT2D eigenvalue weighted by atomic mass is 9.87. The van der Waals surface area contributed by atoms with Crippen LogP contribution in [0, 0.1) is 34.6 Å². The zero-order valence-electron chi connectivity index (χ0n) is 23.5. The molecule has 4 aromatic rings. The predicted molar refractivity (Wildman–Crippen MR) is 158 cm³/mol. The molecule has 0 unspecified atom stereocenters. The van der Waals surface area contributed by atoms with Crippen molar-refractivity contribution in [1.29, 1.82) is 0 Å². The van der Waals surface area contributed by atoms with Crippen molar-refractivity contribution < 1.29 is 0 Å². The Morgan fingerprint density at radius 1 is 0.514 bits per heavy atom. The van der Waals surface area contributed by atoms with Crippen LogP contribution in [-0.4, -0.2) is 0 Å². The van der Waals surface area contributed by atoms with E-state index in [-0.39, 0.29) is 0 Å². The van der Waals surface area contributed by atoms with E-state index in [1.807, 2.05) is 6.07 Å². The Balaban J connectivity index is 0.000000234. The number of hydrogen-bond acceptors (Lipinski definition) is 0. The van der Waals surface area contributed by atoms with Crippen molar-refractivity contribution >= 4 is 0 Å². The summed E-state index contributed by atoms with van der Waals surface area (Å²) in [6, 6.07) is 35.8. The van der Waals surface area contributed by atoms with Crippen LogP contribution < -0.4 is 0 Å². The van der Waals surface area contributed by atoms with Crippen molar-refractivity contribution in [3.05, 3.63) is 142 Å². The molecule has 0 saturated carbocycles. The third-order valence-corrected chi connectivity index (χ3v) is 5.94. The average Bonchev–Trinajstić information content (AvgIpc) is 2.84. The van der Waals surface area contributed by atoms with E-state index in [1.54, 1.807) is 0 Å². The first-order chi connectivity index (χ1) is 16.5. The van der Waals surface area contributed by atoms with Crippen LogP contribution in [-0.2, 0) is 11.8 Å². The summed E-state index contributed by atoms with van der Waals surface area (Å²) in [6.45, 7) is 19.5. The molecule has 4 aromatic carbocycles. The van der Waals surface area contributed by atoms with Crippen LogP contribution in [0.1, 0.15) is 66.6 Å². The Morgan fingerprint density at radius 2 is 0.943 bits per heavy atom. The van der Waals surface area contributed by atoms with E-state index in [2.05, 4.69) is 159 Å². The van der Waals surface area contributed by atoms with Crippen molar-refractivity contribution in [1.82, 2.24) is 0 Å². The van der Waals surface area contributed by atoms with Crippen LogP contribution in [0.4, 0.5) is 0 Å². The van der Waals surface area contributed by atoms with E-state index >= 15 is 0 Å². The molecule has 35 heavy (non-hydrogen) atoms. The third-order valence-electron chi connectivity index (χ3n) is 5.94. The number of benzene rings is 4. The van der Waals surface area contributed by atoms with Gasteiger partial charge in [0.2, 0.25) is 0 Å². The van der Waals surface area contributed by atoms with Gasteiger partial charge in [-0.15, -0.1) is 0 Å². The van der Waals surface area contributed by atoms with Gasteiger partial charge in [-0.1, -0.05) is 142 Å². The van der Waals surface area contributed by atoms with Gasteiger partial charge < -0.3 is 0 Å². The Labute approximate surface area is 216 Å². The zero-order chi connectivity index (χ0) is 26.3. The second-order valence-electron chi connectivity index (χ2n) is 10.1. The first kappa shape index (κ1) is 29.9. The second kappa shape index (κ2) is 15.7. The van der Waals surface area contributed by atoms with E-state index in [0.29, 0.717) is 5.41 Å². The lowest BCUT2D eigenvalue weighted by Gasteiger charge is -2.18. The average molecular weight is 467 g/mol. The van der Waals surface area contributed by atoms with Gasteiger partial charge in [0.1, 0.15) is 0 Å². The highest BCUT2D eigenvalue weighted by molar-refractivity contribution is 5.31. The Morgan fingerprint density at radius 3 is 1.23 bits per heavy atom. The highest BCUT2D eigenvalue weighted by Gasteiger charge is 2.11. The minimum atomic E-state index is 0.293. The van der Waals surface area contributed by atoms with Gasteiger partial charge in [0.05, 0.1) is 0 Å². The summed E-state index contributed by atoms with van der Waals surface area (Å²) in [6.07, 6.45) is 1.14. The van der Waals surface area contributed by atoms with Crippen molar-refractivity contribution in [2.75, 3.05) is 0 Å². The summed E-state index contributed by atoms with van der Waals surface area (Å²) in [7, 11) is 0. The molecule has 0 N–H and O–H groups in total. The van der Waals surface area contributed by atoms with Crippen molar-refractivity contribution in [2.24, 2.45) is 0 Å². The highest BCUT2D eigenvalue weighted by Crippen LogP contribution is 2.20. The Kier molecular flexibility index (Phi) is 13.4. The molecule has 0 atom stereocenters. The smallest absolute Gasteiger partial charge is 0.0132 e. The molecule has 0 spiro atoms. The largest absolute Gasteiger partial charge is 0.0622 e. The maximum atomic E-state index is 2.22. The molecule has 0 heterocycles. The summed E-state index contributed by atoms with van der Waals surface area (Å²) >= 11 is 0. The van der Waals surface area contributed by atoms with Crippen molar-refractivity contribution in [3.63, 3.8) is 0 Å². The van der Waals surface area contributed by atoms with Gasteiger partial charge in [-0.25, -0.2) is 0 Å². The molecule has 0 heteroatoms. The summed E-state index contributed by atoms with van der Waals surface area (Å²) < 4.78 is 0. The van der Waals surface area contributed by atoms with E-state index in [4.69, 9.17) is 0 Å². The van der Waals surface area contributed by atoms with E-state index < -0.39 is 0 Å². The standard InChI is InChI=1S/C10H14.C9H12.2C8H10/c1-10(2,3)9-7-5-4-6-8-9;1-7-5-4-6-8(2)9(7)3;1-7-4-3-5-8(2)6-7;1-2-8-6-4-3-5-7-8/h4-8H,1-3H3;4-6H,1-3H3;3-6H,1-2H3;3-7H,2H2,1H3. The van der Waals surface area contributed by atoms with Gasteiger partial charge in [0.15, 0.2) is 0 Å². The lowest BCUT2D eigenvalue weighted by molar-refractivity contribution is 0.590. The van der Waals surface area contributed by atoms with Gasteiger partial charge in [-0.3, -0.25) is 0 Å². The van der Waals surface area contributed by atoms with Crippen molar-refractivity contribution in [3.8, 4) is 0 Å². The number of aryl methyl sites for hydroxylation is 5. The maximum Gasteiger partial charge on any atom is -0.0132 e. The van der Waals surface area contributed by atoms with Gasteiger partial charge in [0, 0.05) is 0 Å². The quantitative estimate of drug-likeness (QED) is 0.262. The zero-order valence-corrected chi connectivity index (χ0v) is 23.5. The first-order valence-electron chi connectivity index (χ1n) is 12.7. The predicted octanol–water partition coefficient (Wildman–Crippen LogP) is 10.1. The van der Waals surface area contributed by atoms with E-state index in [1.165, 1.54) is 38.9 Å². The fourth-order valence-electron chi connectivity index (χ4n) is 3.36. The molecule has 0 nitrogen and oxygen atoms in total. The second-order valence-corrected chi connectivity index (χ2v) is 10.1. The van der Waals surface area contributed by atoms with Crippen molar-refractivity contribution in [2.45, 2.75) is 74.1 Å². The van der Waals surface area contributed by atoms with Gasteiger partial charge in [-0.2, -0.15) is 0 Å². The minimum Gasteiger partial charge on any atom is -0.0622 e. The van der Waals surface area contributed by atoms with E-state index in [0.717, 1.165) is 6.42 Å². The molecule has 4 rings (SSSR count). The minimum absolute atomic E-state index is 0.293. The fraction of sp³-hybridized carbons (Fsp3) is 0.314. The summed E-state index contributed by atoms with van der Waals surface area (Å²) in [5.74, 6) is 0. The fourth-order valence-corrected chi connectivity index (χ4v) is 3.36. The third kappa shape index (κ3) is 12.8. The molecule has 0 amide bonds. The van der Waals surface area contributed by atoms with Crippen LogP contribution in [0.3, 0.4) is 0 Å². The summed E-state index contributed by atoms with van der Waals surface area (Å²) in [4.78, 5) is 0. The summed E-state index contributed by atoms with van der Waals surface area (Å²) in [5.41, 5.74) is 9.96. The molecule has 0 aliphatic heterocycles. The lowest BCUT2D eigenvalue weighted by Crippen LogP contribution is -2.10. The molecule has 0 aliphatic rings.